The van der Waals surface area contributed by atoms with Gasteiger partial charge in [-0.1, -0.05) is 53.1 Å². The minimum atomic E-state index is -0.924. The lowest BCUT2D eigenvalue weighted by molar-refractivity contribution is -0.136. The number of carbonyl (C=O) groups is 2. The molecule has 0 aliphatic carbocycles. The number of halogens is 1. The first-order chi connectivity index (χ1) is 18.7. The average Bonchev–Trinajstić information content (AvgIpc) is 3.47. The number of carbonyl (C=O) groups excluding carboxylic acids is 1. The Balaban J connectivity index is 1.50. The van der Waals surface area contributed by atoms with Crippen LogP contribution in [-0.4, -0.2) is 52.1 Å². The van der Waals surface area contributed by atoms with E-state index in [1.54, 1.807) is 12.5 Å². The molecule has 0 radical (unpaired) electrons. The van der Waals surface area contributed by atoms with E-state index in [-0.39, 0.29) is 35.5 Å². The first-order valence-corrected chi connectivity index (χ1v) is 15.6. The van der Waals surface area contributed by atoms with E-state index in [2.05, 4.69) is 58.7 Å². The zero-order chi connectivity index (χ0) is 29.4. The third kappa shape index (κ3) is 6.86. The maximum absolute atomic E-state index is 12.9. The van der Waals surface area contributed by atoms with Gasteiger partial charge < -0.3 is 14.7 Å². The van der Waals surface area contributed by atoms with Gasteiger partial charge in [0.2, 0.25) is 5.91 Å². The Kier molecular flexibility index (Phi) is 8.97. The number of likely N-dealkylation sites (tertiary alicyclic amines) is 1. The Labute approximate surface area is 249 Å². The van der Waals surface area contributed by atoms with Crippen LogP contribution in [0.5, 0.6) is 5.75 Å². The van der Waals surface area contributed by atoms with Gasteiger partial charge >= 0.3 is 5.97 Å². The maximum Gasteiger partial charge on any atom is 0.309 e. The van der Waals surface area contributed by atoms with E-state index in [1.165, 1.54) is 22.7 Å². The highest BCUT2D eigenvalue weighted by atomic mass is 35.5. The number of hydrogen-bond acceptors (Lipinski definition) is 7. The molecule has 1 saturated heterocycles. The molecule has 0 unspecified atom stereocenters. The van der Waals surface area contributed by atoms with Crippen LogP contribution in [0, 0.1) is 0 Å². The topological polar surface area (TPSA) is 92.6 Å². The molecule has 1 aromatic carbocycles. The van der Waals surface area contributed by atoms with E-state index < -0.39 is 5.97 Å². The fourth-order valence-corrected chi connectivity index (χ4v) is 7.21. The molecule has 1 N–H and O–H groups in total. The second-order valence-electron chi connectivity index (χ2n) is 12.4. The quantitative estimate of drug-likeness (QED) is 0.310. The molecule has 4 rings (SSSR count). The highest BCUT2D eigenvalue weighted by Gasteiger charge is 2.31. The lowest BCUT2D eigenvalue weighted by atomic mass is 9.78. The Hall–Kier alpha value is -2.49. The van der Waals surface area contributed by atoms with Crippen molar-refractivity contribution in [3.63, 3.8) is 0 Å². The van der Waals surface area contributed by atoms with Crippen molar-refractivity contribution in [2.75, 3.05) is 20.2 Å². The summed E-state index contributed by atoms with van der Waals surface area (Å²) in [5, 5.41) is 12.3. The summed E-state index contributed by atoms with van der Waals surface area (Å²) >= 11 is 9.70. The molecule has 40 heavy (non-hydrogen) atoms. The molecule has 1 fully saturated rings. The van der Waals surface area contributed by atoms with Crippen LogP contribution in [0.1, 0.15) is 87.1 Å². The van der Waals surface area contributed by atoms with Crippen LogP contribution in [-0.2, 0) is 33.3 Å². The number of methoxy groups -OCH3 is 1. The summed E-state index contributed by atoms with van der Waals surface area (Å²) < 4.78 is 6.60. The Bertz CT molecular complexity index is 1360. The molecule has 0 atom stereocenters. The number of aliphatic carboxylic acids is 1. The van der Waals surface area contributed by atoms with Crippen molar-refractivity contribution in [3.8, 4) is 17.0 Å². The van der Waals surface area contributed by atoms with Gasteiger partial charge in [0.1, 0.15) is 20.8 Å². The lowest BCUT2D eigenvalue weighted by Crippen LogP contribution is -2.38. The number of hydrogen-bond donors (Lipinski definition) is 1. The second-order valence-corrected chi connectivity index (χ2v) is 15.0. The molecule has 3 heterocycles. The Morgan fingerprint density at radius 3 is 2.17 bits per heavy atom. The van der Waals surface area contributed by atoms with Crippen molar-refractivity contribution in [3.05, 3.63) is 48.7 Å². The fourth-order valence-electron chi connectivity index (χ4n) is 5.05. The largest absolute Gasteiger partial charge is 0.496 e. The number of nitrogens with zero attached hydrogens (tertiary/aromatic N) is 3. The predicted octanol–water partition coefficient (Wildman–Crippen LogP) is 7.10. The summed E-state index contributed by atoms with van der Waals surface area (Å²) in [6.07, 6.45) is 1.71. The van der Waals surface area contributed by atoms with Gasteiger partial charge in [-0.15, -0.1) is 22.7 Å². The normalized spacial score (nSPS) is 14.9. The molecule has 1 aliphatic rings. The standard InChI is InChI=1S/C30H38ClN3O4S2/c1-29(2,3)20-12-18(13-21(26(20)38-7)30(4,5)6)25-27(31)40-28(33-25)17-8-10-34(11-9-17)23(35)15-22-32-19(16-39-22)14-24(36)37/h12-13,16-17H,8-11,14-15H2,1-7H3,(H,36,37). The lowest BCUT2D eigenvalue weighted by Gasteiger charge is -2.31. The predicted molar refractivity (Wildman–Crippen MR) is 162 cm³/mol. The van der Waals surface area contributed by atoms with Crippen LogP contribution in [0.4, 0.5) is 0 Å². The maximum atomic E-state index is 12.9. The fraction of sp³-hybridized carbons (Fsp3) is 0.533. The van der Waals surface area contributed by atoms with E-state index in [0.29, 0.717) is 28.1 Å². The Morgan fingerprint density at radius 1 is 1.05 bits per heavy atom. The summed E-state index contributed by atoms with van der Waals surface area (Å²) in [6.45, 7) is 14.4. The van der Waals surface area contributed by atoms with Gasteiger partial charge in [-0.2, -0.15) is 0 Å². The van der Waals surface area contributed by atoms with Crippen molar-refractivity contribution in [1.29, 1.82) is 0 Å². The summed E-state index contributed by atoms with van der Waals surface area (Å²) in [4.78, 5) is 35.0. The number of carboxylic acid groups (broad SMARTS) is 1. The van der Waals surface area contributed by atoms with Gasteiger partial charge in [-0.25, -0.2) is 9.97 Å². The van der Waals surface area contributed by atoms with Gasteiger partial charge in [-0.05, 0) is 35.8 Å². The third-order valence-electron chi connectivity index (χ3n) is 7.22. The van der Waals surface area contributed by atoms with Crippen molar-refractivity contribution in [1.82, 2.24) is 14.9 Å². The molecule has 1 amide bonds. The molecule has 7 nitrogen and oxygen atoms in total. The number of thiazole rings is 2. The van der Waals surface area contributed by atoms with Crippen molar-refractivity contribution in [2.24, 2.45) is 0 Å². The van der Waals surface area contributed by atoms with Gasteiger partial charge in [0.05, 0.1) is 30.7 Å². The van der Waals surface area contributed by atoms with E-state index in [4.69, 9.17) is 26.4 Å². The minimum Gasteiger partial charge on any atom is -0.496 e. The average molecular weight is 604 g/mol. The zero-order valence-corrected chi connectivity index (χ0v) is 26.6. The molecule has 0 spiro atoms. The number of piperidine rings is 1. The first kappa shape index (κ1) is 30.5. The number of carboxylic acids is 1. The molecular weight excluding hydrogens is 566 g/mol. The smallest absolute Gasteiger partial charge is 0.309 e. The van der Waals surface area contributed by atoms with Crippen LogP contribution < -0.4 is 4.74 Å². The van der Waals surface area contributed by atoms with E-state index in [9.17, 15) is 9.59 Å². The number of rotatable bonds is 7. The number of benzene rings is 1. The molecule has 1 aliphatic heterocycles. The van der Waals surface area contributed by atoms with Gasteiger partial charge in [0.25, 0.3) is 0 Å². The van der Waals surface area contributed by atoms with Crippen LogP contribution in [0.25, 0.3) is 11.3 Å². The summed E-state index contributed by atoms with van der Waals surface area (Å²) in [6, 6.07) is 4.33. The van der Waals surface area contributed by atoms with Crippen LogP contribution in [0.15, 0.2) is 17.5 Å². The summed E-state index contributed by atoms with van der Waals surface area (Å²) in [5.74, 6) is 0.259. The number of ether oxygens (including phenoxy) is 1. The van der Waals surface area contributed by atoms with Crippen LogP contribution >= 0.6 is 34.3 Å². The molecule has 0 bridgehead atoms. The molecule has 2 aromatic heterocycles. The highest BCUT2D eigenvalue weighted by molar-refractivity contribution is 7.16. The molecule has 3 aromatic rings. The highest BCUT2D eigenvalue weighted by Crippen LogP contribution is 2.45. The van der Waals surface area contributed by atoms with Crippen LogP contribution in [0.2, 0.25) is 4.34 Å². The molecule has 10 heteroatoms. The Morgan fingerprint density at radius 2 is 1.65 bits per heavy atom. The third-order valence-corrected chi connectivity index (χ3v) is 9.53. The van der Waals surface area contributed by atoms with Gasteiger partial charge in [0.15, 0.2) is 0 Å². The molecule has 216 valence electrons. The zero-order valence-electron chi connectivity index (χ0n) is 24.3. The van der Waals surface area contributed by atoms with Crippen molar-refractivity contribution in [2.45, 2.75) is 84.0 Å². The first-order valence-electron chi connectivity index (χ1n) is 13.5. The molecular formula is C30H38ClN3O4S2. The van der Waals surface area contributed by atoms with E-state index in [1.807, 2.05) is 4.90 Å². The van der Waals surface area contributed by atoms with Crippen molar-refractivity contribution < 1.29 is 19.4 Å². The number of aromatic nitrogens is 2. The summed E-state index contributed by atoms with van der Waals surface area (Å²) in [7, 11) is 1.73. The van der Waals surface area contributed by atoms with E-state index >= 15 is 0 Å². The number of amides is 1. The molecule has 0 saturated carbocycles. The monoisotopic (exact) mass is 603 g/mol. The van der Waals surface area contributed by atoms with Crippen LogP contribution in [0.3, 0.4) is 0 Å². The van der Waals surface area contributed by atoms with E-state index in [0.717, 1.165) is 46.0 Å². The second kappa shape index (κ2) is 11.8. The van der Waals surface area contributed by atoms with Gasteiger partial charge in [0, 0.05) is 41.1 Å². The summed E-state index contributed by atoms with van der Waals surface area (Å²) in [5.41, 5.74) is 4.32. The van der Waals surface area contributed by atoms with Gasteiger partial charge in [-0.3, -0.25) is 9.59 Å². The van der Waals surface area contributed by atoms with Crippen molar-refractivity contribution >= 4 is 46.2 Å². The minimum absolute atomic E-state index is 0.0233. The SMILES string of the molecule is COc1c(C(C)(C)C)cc(-c2nc(C3CCN(C(=O)Cc4nc(CC(=O)O)cs4)CC3)sc2Cl)cc1C(C)(C)C.